The minimum Gasteiger partial charge on any atom is -0.388 e. The second-order valence-electron chi connectivity index (χ2n) is 6.30. The van der Waals surface area contributed by atoms with Gasteiger partial charge in [-0.2, -0.15) is 11.8 Å². The number of aliphatic hydroxyl groups is 1. The lowest BCUT2D eigenvalue weighted by atomic mass is 9.85. The molecule has 1 saturated carbocycles. The number of hydrogen-bond acceptors (Lipinski definition) is 3. The van der Waals surface area contributed by atoms with Crippen LogP contribution >= 0.6 is 35.7 Å². The first kappa shape index (κ1) is 21.3. The zero-order valence-corrected chi connectivity index (χ0v) is 17.0. The highest BCUT2D eigenvalue weighted by atomic mass is 127. The Morgan fingerprint density at radius 3 is 2.38 bits per heavy atom. The van der Waals surface area contributed by atoms with Crippen LogP contribution in [0.1, 0.15) is 52.9 Å². The summed E-state index contributed by atoms with van der Waals surface area (Å²) in [7, 11) is 0. The summed E-state index contributed by atoms with van der Waals surface area (Å²) in [6, 6.07) is 0. The fourth-order valence-corrected chi connectivity index (χ4v) is 2.50. The van der Waals surface area contributed by atoms with Gasteiger partial charge in [0.1, 0.15) is 0 Å². The Balaban J connectivity index is 0.00000400. The van der Waals surface area contributed by atoms with E-state index in [4.69, 9.17) is 0 Å². The van der Waals surface area contributed by atoms with Crippen molar-refractivity contribution in [2.24, 2.45) is 4.99 Å². The Kier molecular flexibility index (Phi) is 10.3. The second kappa shape index (κ2) is 10.2. The summed E-state index contributed by atoms with van der Waals surface area (Å²) in [6.07, 6.45) is 7.42. The first-order valence-corrected chi connectivity index (χ1v) is 8.93. The van der Waals surface area contributed by atoms with Gasteiger partial charge in [-0.1, -0.05) is 19.3 Å². The molecule has 4 nitrogen and oxygen atoms in total. The number of thioether (sulfide) groups is 1. The molecule has 0 amide bonds. The highest BCUT2D eigenvalue weighted by Gasteiger charge is 2.29. The molecule has 0 aromatic carbocycles. The number of hydrogen-bond donors (Lipinski definition) is 3. The van der Waals surface area contributed by atoms with Crippen LogP contribution in [0.2, 0.25) is 0 Å². The molecule has 0 aliphatic heterocycles. The highest BCUT2D eigenvalue weighted by molar-refractivity contribution is 14.0. The monoisotopic (exact) mass is 429 g/mol. The van der Waals surface area contributed by atoms with Crippen molar-refractivity contribution < 1.29 is 5.11 Å². The molecule has 1 aliphatic rings. The molecule has 0 aromatic rings. The van der Waals surface area contributed by atoms with Crippen LogP contribution in [0.3, 0.4) is 0 Å². The SMILES string of the molecule is CCNC(=NCC(C)(C)SC)NCC1(O)CCCCC1.I. The molecule has 0 heterocycles. The van der Waals surface area contributed by atoms with E-state index in [0.29, 0.717) is 6.54 Å². The van der Waals surface area contributed by atoms with Crippen LogP contribution in [0, 0.1) is 0 Å². The van der Waals surface area contributed by atoms with Gasteiger partial charge < -0.3 is 15.7 Å². The number of aliphatic imine (C=N–C) groups is 1. The molecule has 126 valence electrons. The van der Waals surface area contributed by atoms with Gasteiger partial charge in [-0.05, 0) is 39.9 Å². The summed E-state index contributed by atoms with van der Waals surface area (Å²) in [4.78, 5) is 4.63. The van der Waals surface area contributed by atoms with Gasteiger partial charge >= 0.3 is 0 Å². The average Bonchev–Trinajstić information content (AvgIpc) is 2.43. The maximum Gasteiger partial charge on any atom is 0.191 e. The molecular weight excluding hydrogens is 397 g/mol. The molecule has 0 saturated heterocycles. The predicted molar refractivity (Wildman–Crippen MR) is 105 cm³/mol. The molecule has 3 N–H and O–H groups in total. The Morgan fingerprint density at radius 2 is 1.86 bits per heavy atom. The number of halogens is 1. The van der Waals surface area contributed by atoms with Crippen molar-refractivity contribution in [3.63, 3.8) is 0 Å². The minimum absolute atomic E-state index is 0. The smallest absolute Gasteiger partial charge is 0.191 e. The van der Waals surface area contributed by atoms with Crippen molar-refractivity contribution in [1.82, 2.24) is 10.6 Å². The van der Waals surface area contributed by atoms with Crippen LogP contribution in [0.5, 0.6) is 0 Å². The van der Waals surface area contributed by atoms with Gasteiger partial charge in [0.25, 0.3) is 0 Å². The number of rotatable bonds is 6. The lowest BCUT2D eigenvalue weighted by Crippen LogP contribution is -2.48. The molecule has 0 unspecified atom stereocenters. The fourth-order valence-electron chi connectivity index (χ4n) is 2.31. The average molecular weight is 429 g/mol. The number of guanidine groups is 1. The Bertz CT molecular complexity index is 318. The van der Waals surface area contributed by atoms with E-state index in [1.54, 1.807) is 0 Å². The molecule has 0 radical (unpaired) electrons. The second-order valence-corrected chi connectivity index (χ2v) is 7.81. The highest BCUT2D eigenvalue weighted by Crippen LogP contribution is 2.27. The van der Waals surface area contributed by atoms with E-state index in [9.17, 15) is 5.11 Å². The zero-order chi connectivity index (χ0) is 15.1. The van der Waals surface area contributed by atoms with Crippen LogP contribution in [0.4, 0.5) is 0 Å². The molecule has 0 atom stereocenters. The molecule has 1 fully saturated rings. The lowest BCUT2D eigenvalue weighted by Gasteiger charge is -2.32. The third-order valence-electron chi connectivity index (χ3n) is 3.88. The van der Waals surface area contributed by atoms with Gasteiger partial charge in [0.15, 0.2) is 5.96 Å². The van der Waals surface area contributed by atoms with Crippen molar-refractivity contribution in [3.8, 4) is 0 Å². The van der Waals surface area contributed by atoms with E-state index >= 15 is 0 Å². The molecule has 6 heteroatoms. The van der Waals surface area contributed by atoms with Gasteiger partial charge in [-0.15, -0.1) is 24.0 Å². The van der Waals surface area contributed by atoms with Gasteiger partial charge in [0.2, 0.25) is 0 Å². The topological polar surface area (TPSA) is 56.7 Å². The van der Waals surface area contributed by atoms with Gasteiger partial charge in [0.05, 0.1) is 12.1 Å². The van der Waals surface area contributed by atoms with E-state index in [2.05, 4.69) is 42.7 Å². The lowest BCUT2D eigenvalue weighted by molar-refractivity contribution is 0.00859. The summed E-state index contributed by atoms with van der Waals surface area (Å²) in [5.74, 6) is 0.814. The molecule has 21 heavy (non-hydrogen) atoms. The van der Waals surface area contributed by atoms with Crippen LogP contribution in [-0.4, -0.2) is 47.3 Å². The third kappa shape index (κ3) is 8.50. The van der Waals surface area contributed by atoms with E-state index in [0.717, 1.165) is 44.7 Å². The summed E-state index contributed by atoms with van der Waals surface area (Å²) in [5, 5.41) is 17.1. The number of nitrogens with one attached hydrogen (secondary N) is 2. The van der Waals surface area contributed by atoms with E-state index in [-0.39, 0.29) is 28.7 Å². The summed E-state index contributed by atoms with van der Waals surface area (Å²) in [6.45, 7) is 8.65. The molecule has 0 aromatic heterocycles. The Morgan fingerprint density at radius 1 is 1.24 bits per heavy atom. The summed E-state index contributed by atoms with van der Waals surface area (Å²) < 4.78 is 0.143. The molecule has 0 bridgehead atoms. The van der Waals surface area contributed by atoms with Crippen molar-refractivity contribution in [2.45, 2.75) is 63.2 Å². The van der Waals surface area contributed by atoms with E-state index < -0.39 is 5.60 Å². The molecule has 1 aliphatic carbocycles. The predicted octanol–water partition coefficient (Wildman–Crippen LogP) is 3.00. The maximum absolute atomic E-state index is 10.5. The van der Waals surface area contributed by atoms with E-state index in [1.807, 2.05) is 11.8 Å². The van der Waals surface area contributed by atoms with Gasteiger partial charge in [0, 0.05) is 17.8 Å². The van der Waals surface area contributed by atoms with Crippen molar-refractivity contribution >= 4 is 41.7 Å². The van der Waals surface area contributed by atoms with Crippen molar-refractivity contribution in [2.75, 3.05) is 25.9 Å². The fraction of sp³-hybridized carbons (Fsp3) is 0.933. The molecular formula is C15H32IN3OS. The summed E-state index contributed by atoms with van der Waals surface area (Å²) >= 11 is 1.82. The molecule has 1 rings (SSSR count). The summed E-state index contributed by atoms with van der Waals surface area (Å²) in [5.41, 5.74) is -0.552. The third-order valence-corrected chi connectivity index (χ3v) is 5.12. The normalized spacial score (nSPS) is 18.8. The largest absolute Gasteiger partial charge is 0.388 e. The van der Waals surface area contributed by atoms with E-state index in [1.165, 1.54) is 6.42 Å². The quantitative estimate of drug-likeness (QED) is 0.345. The Labute approximate surface area is 151 Å². The molecule has 0 spiro atoms. The minimum atomic E-state index is -0.552. The van der Waals surface area contributed by atoms with Crippen LogP contribution in [0.25, 0.3) is 0 Å². The Hall–Kier alpha value is 0.310. The van der Waals surface area contributed by atoms with Crippen LogP contribution in [-0.2, 0) is 0 Å². The zero-order valence-electron chi connectivity index (χ0n) is 13.9. The van der Waals surface area contributed by atoms with Gasteiger partial charge in [-0.25, -0.2) is 0 Å². The van der Waals surface area contributed by atoms with Crippen LogP contribution < -0.4 is 10.6 Å². The van der Waals surface area contributed by atoms with Crippen molar-refractivity contribution in [3.05, 3.63) is 0 Å². The van der Waals surface area contributed by atoms with Crippen LogP contribution in [0.15, 0.2) is 4.99 Å². The maximum atomic E-state index is 10.5. The first-order valence-electron chi connectivity index (χ1n) is 7.70. The van der Waals surface area contributed by atoms with Crippen molar-refractivity contribution in [1.29, 1.82) is 0 Å². The number of nitrogens with zero attached hydrogens (tertiary/aromatic N) is 1. The first-order chi connectivity index (χ1) is 9.41. The standard InChI is InChI=1S/C15H31N3OS.HI/c1-5-16-13(17-11-14(2,3)20-4)18-12-15(19)9-7-6-8-10-15;/h19H,5-12H2,1-4H3,(H2,16,17,18);1H. The van der Waals surface area contributed by atoms with Gasteiger partial charge in [-0.3, -0.25) is 4.99 Å².